The van der Waals surface area contributed by atoms with E-state index >= 15 is 0 Å². The molecule has 2 rings (SSSR count). The summed E-state index contributed by atoms with van der Waals surface area (Å²) in [6, 6.07) is 3.47. The third-order valence-corrected chi connectivity index (χ3v) is 4.12. The van der Waals surface area contributed by atoms with Gasteiger partial charge in [-0.1, -0.05) is 6.92 Å². The zero-order valence-electron chi connectivity index (χ0n) is 12.2. The third-order valence-electron chi connectivity index (χ3n) is 2.92. The van der Waals surface area contributed by atoms with Crippen LogP contribution in [0.3, 0.4) is 0 Å². The van der Waals surface area contributed by atoms with Gasteiger partial charge in [0.25, 0.3) is 5.91 Å². The van der Waals surface area contributed by atoms with Crippen molar-refractivity contribution in [2.24, 2.45) is 0 Å². The van der Waals surface area contributed by atoms with Crippen LogP contribution in [-0.4, -0.2) is 18.5 Å². The Labute approximate surface area is 126 Å². The first kappa shape index (κ1) is 15.3. The Kier molecular flexibility index (Phi) is 4.80. The van der Waals surface area contributed by atoms with Crippen molar-refractivity contribution in [2.45, 2.75) is 27.2 Å². The van der Waals surface area contributed by atoms with Crippen LogP contribution in [0.2, 0.25) is 0 Å². The molecule has 0 aliphatic rings. The summed E-state index contributed by atoms with van der Waals surface area (Å²) in [7, 11) is 0. The summed E-state index contributed by atoms with van der Waals surface area (Å²) in [5, 5.41) is 3.22. The van der Waals surface area contributed by atoms with Crippen LogP contribution in [0.4, 0.5) is 5.00 Å². The number of nitrogens with one attached hydrogen (secondary N) is 1. The van der Waals surface area contributed by atoms with E-state index in [0.717, 1.165) is 16.9 Å². The van der Waals surface area contributed by atoms with Crippen LogP contribution in [0.5, 0.6) is 0 Å². The fourth-order valence-electron chi connectivity index (χ4n) is 1.83. The molecular formula is C15H17NO4S. The second kappa shape index (κ2) is 6.58. The monoisotopic (exact) mass is 307 g/mol. The number of rotatable bonds is 5. The maximum absolute atomic E-state index is 12.2. The second-order valence-corrected chi connectivity index (χ2v) is 5.55. The van der Waals surface area contributed by atoms with E-state index in [4.69, 9.17) is 9.15 Å². The molecule has 1 amide bonds. The van der Waals surface area contributed by atoms with Crippen LogP contribution < -0.4 is 5.32 Å². The number of aryl methyl sites for hydroxylation is 2. The third kappa shape index (κ3) is 3.33. The Balaban J connectivity index is 2.26. The number of hydrogen-bond acceptors (Lipinski definition) is 5. The summed E-state index contributed by atoms with van der Waals surface area (Å²) < 4.78 is 10.2. The molecule has 0 unspecified atom stereocenters. The highest BCUT2D eigenvalue weighted by atomic mass is 32.1. The van der Waals surface area contributed by atoms with Crippen molar-refractivity contribution < 1.29 is 18.7 Å². The molecule has 0 spiro atoms. The van der Waals surface area contributed by atoms with Crippen molar-refractivity contribution in [3.05, 3.63) is 40.2 Å². The summed E-state index contributed by atoms with van der Waals surface area (Å²) in [5.74, 6) is -0.552. The maximum Gasteiger partial charge on any atom is 0.341 e. The van der Waals surface area contributed by atoms with Gasteiger partial charge in [-0.3, -0.25) is 4.79 Å². The second-order valence-electron chi connectivity index (χ2n) is 4.42. The first-order valence-electron chi connectivity index (χ1n) is 6.72. The van der Waals surface area contributed by atoms with E-state index in [1.165, 1.54) is 17.6 Å². The van der Waals surface area contributed by atoms with Gasteiger partial charge in [0.15, 0.2) is 5.76 Å². The zero-order chi connectivity index (χ0) is 15.4. The lowest BCUT2D eigenvalue weighted by Gasteiger charge is -2.05. The van der Waals surface area contributed by atoms with Gasteiger partial charge in [-0.15, -0.1) is 11.3 Å². The smallest absolute Gasteiger partial charge is 0.341 e. The van der Waals surface area contributed by atoms with Crippen LogP contribution >= 0.6 is 11.3 Å². The van der Waals surface area contributed by atoms with Crippen molar-refractivity contribution in [2.75, 3.05) is 11.9 Å². The highest BCUT2D eigenvalue weighted by molar-refractivity contribution is 7.16. The van der Waals surface area contributed by atoms with Crippen molar-refractivity contribution >= 4 is 28.2 Å². The molecule has 0 bridgehead atoms. The number of esters is 1. The van der Waals surface area contributed by atoms with Crippen molar-refractivity contribution in [1.29, 1.82) is 0 Å². The Morgan fingerprint density at radius 1 is 1.38 bits per heavy atom. The number of carbonyl (C=O) groups is 2. The molecular weight excluding hydrogens is 290 g/mol. The van der Waals surface area contributed by atoms with Gasteiger partial charge in [-0.05, 0) is 32.4 Å². The molecule has 2 aromatic rings. The van der Waals surface area contributed by atoms with Gasteiger partial charge in [0.05, 0.1) is 18.4 Å². The van der Waals surface area contributed by atoms with Gasteiger partial charge in [0.1, 0.15) is 5.00 Å². The number of hydrogen-bond donors (Lipinski definition) is 1. The summed E-state index contributed by atoms with van der Waals surface area (Å²) in [6.45, 7) is 5.82. The first-order chi connectivity index (χ1) is 10.1. The van der Waals surface area contributed by atoms with Gasteiger partial charge in [-0.2, -0.15) is 0 Å². The Morgan fingerprint density at radius 3 is 2.71 bits per heavy atom. The van der Waals surface area contributed by atoms with Gasteiger partial charge < -0.3 is 14.5 Å². The van der Waals surface area contributed by atoms with E-state index in [0.29, 0.717) is 17.2 Å². The van der Waals surface area contributed by atoms with Gasteiger partial charge in [0, 0.05) is 10.4 Å². The molecule has 5 nitrogen and oxygen atoms in total. The van der Waals surface area contributed by atoms with Gasteiger partial charge in [-0.25, -0.2) is 4.79 Å². The number of anilines is 1. The Bertz CT molecular complexity index is 656. The SMILES string of the molecule is CCOC(=O)c1cc(CC)sc1NC(=O)c1occc1C. The molecule has 0 saturated heterocycles. The average molecular weight is 307 g/mol. The van der Waals surface area contributed by atoms with E-state index in [1.807, 2.05) is 6.92 Å². The normalized spacial score (nSPS) is 10.4. The highest BCUT2D eigenvalue weighted by Crippen LogP contribution is 2.30. The van der Waals surface area contributed by atoms with Crippen molar-refractivity contribution in [3.8, 4) is 0 Å². The Hall–Kier alpha value is -2.08. The predicted molar refractivity (Wildman–Crippen MR) is 81.1 cm³/mol. The lowest BCUT2D eigenvalue weighted by molar-refractivity contribution is 0.0528. The van der Waals surface area contributed by atoms with E-state index in [-0.39, 0.29) is 11.7 Å². The van der Waals surface area contributed by atoms with Crippen LogP contribution in [0.25, 0.3) is 0 Å². The van der Waals surface area contributed by atoms with Crippen LogP contribution in [-0.2, 0) is 11.2 Å². The lowest BCUT2D eigenvalue weighted by Crippen LogP contribution is -2.14. The summed E-state index contributed by atoms with van der Waals surface area (Å²) in [5.41, 5.74) is 1.13. The number of ether oxygens (including phenoxy) is 1. The van der Waals surface area contributed by atoms with Gasteiger partial charge in [0.2, 0.25) is 0 Å². The van der Waals surface area contributed by atoms with E-state index < -0.39 is 5.97 Å². The summed E-state index contributed by atoms with van der Waals surface area (Å²) in [6.07, 6.45) is 2.25. The lowest BCUT2D eigenvalue weighted by atomic mass is 10.2. The van der Waals surface area contributed by atoms with Crippen LogP contribution in [0.1, 0.15) is 45.2 Å². The molecule has 2 aromatic heterocycles. The summed E-state index contributed by atoms with van der Waals surface area (Å²) >= 11 is 1.37. The van der Waals surface area contributed by atoms with Crippen LogP contribution in [0, 0.1) is 6.92 Å². The molecule has 2 heterocycles. The minimum Gasteiger partial charge on any atom is -0.462 e. The fourth-order valence-corrected chi connectivity index (χ4v) is 2.81. The maximum atomic E-state index is 12.2. The number of carbonyl (C=O) groups excluding carboxylic acids is 2. The van der Waals surface area contributed by atoms with Crippen molar-refractivity contribution in [1.82, 2.24) is 0 Å². The zero-order valence-corrected chi connectivity index (χ0v) is 13.0. The molecule has 112 valence electrons. The van der Waals surface area contributed by atoms with E-state index in [9.17, 15) is 9.59 Å². The Morgan fingerprint density at radius 2 is 2.14 bits per heavy atom. The quantitative estimate of drug-likeness (QED) is 0.856. The fraction of sp³-hybridized carbons (Fsp3) is 0.333. The molecule has 0 aromatic carbocycles. The molecule has 1 N–H and O–H groups in total. The molecule has 0 fully saturated rings. The van der Waals surface area contributed by atoms with E-state index in [2.05, 4.69) is 5.32 Å². The number of furan rings is 1. The van der Waals surface area contributed by atoms with Gasteiger partial charge >= 0.3 is 5.97 Å². The topological polar surface area (TPSA) is 68.5 Å². The van der Waals surface area contributed by atoms with E-state index in [1.54, 1.807) is 26.0 Å². The minimum atomic E-state index is -0.431. The molecule has 0 radical (unpaired) electrons. The standard InChI is InChI=1S/C15H17NO4S/c1-4-10-8-11(15(18)19-5-2)14(21-10)16-13(17)12-9(3)6-7-20-12/h6-8H,4-5H2,1-3H3,(H,16,17). The molecule has 21 heavy (non-hydrogen) atoms. The molecule has 0 aliphatic heterocycles. The summed E-state index contributed by atoms with van der Waals surface area (Å²) in [4.78, 5) is 25.1. The first-order valence-corrected chi connectivity index (χ1v) is 7.53. The average Bonchev–Trinajstić information content (AvgIpc) is 3.05. The van der Waals surface area contributed by atoms with Crippen molar-refractivity contribution in [3.63, 3.8) is 0 Å². The number of amides is 1. The minimum absolute atomic E-state index is 0.247. The molecule has 0 saturated carbocycles. The highest BCUT2D eigenvalue weighted by Gasteiger charge is 2.21. The van der Waals surface area contributed by atoms with Crippen LogP contribution in [0.15, 0.2) is 22.8 Å². The molecule has 0 atom stereocenters. The molecule has 6 heteroatoms. The predicted octanol–water partition coefficient (Wildman–Crippen LogP) is 3.64. The molecule has 0 aliphatic carbocycles. The number of thiophene rings is 1. The largest absolute Gasteiger partial charge is 0.462 e.